The molecule has 6 rings (SSSR count). The van der Waals surface area contributed by atoms with Gasteiger partial charge in [0.2, 0.25) is 5.88 Å². The maximum absolute atomic E-state index is 12.3. The molecule has 218 valence electrons. The Labute approximate surface area is 260 Å². The highest BCUT2D eigenvalue weighted by Crippen LogP contribution is 2.32. The van der Waals surface area contributed by atoms with Crippen molar-refractivity contribution >= 4 is 39.1 Å². The van der Waals surface area contributed by atoms with Gasteiger partial charge >= 0.3 is 10.2 Å². The predicted octanol–water partition coefficient (Wildman–Crippen LogP) is 8.07. The summed E-state index contributed by atoms with van der Waals surface area (Å²) in [7, 11) is -3.89. The van der Waals surface area contributed by atoms with E-state index >= 15 is 0 Å². The van der Waals surface area contributed by atoms with Gasteiger partial charge in [-0.25, -0.2) is 14.0 Å². The smallest absolute Gasteiger partial charge is 0.330 e. The van der Waals surface area contributed by atoms with Crippen LogP contribution in [0.15, 0.2) is 109 Å². The molecule has 0 radical (unpaired) electrons. The lowest BCUT2D eigenvalue weighted by Crippen LogP contribution is -2.29. The van der Waals surface area contributed by atoms with E-state index in [4.69, 9.17) is 28.2 Å². The van der Waals surface area contributed by atoms with Gasteiger partial charge in [0.05, 0.1) is 22.6 Å². The number of halogens is 2. The number of aromatic nitrogens is 2. The largest absolute Gasteiger partial charge is 0.493 e. The van der Waals surface area contributed by atoms with E-state index in [9.17, 15) is 13.5 Å². The van der Waals surface area contributed by atoms with Crippen LogP contribution >= 0.6 is 23.2 Å². The van der Waals surface area contributed by atoms with Crippen molar-refractivity contribution in [3.63, 3.8) is 0 Å². The summed E-state index contributed by atoms with van der Waals surface area (Å²) in [6.07, 6.45) is 5.78. The van der Waals surface area contributed by atoms with Crippen LogP contribution in [0.5, 0.6) is 0 Å². The Morgan fingerprint density at radius 1 is 0.837 bits per heavy atom. The van der Waals surface area contributed by atoms with E-state index in [0.29, 0.717) is 27.8 Å². The first-order chi connectivity index (χ1) is 20.7. The molecule has 0 amide bonds. The molecule has 4 aromatic carbocycles. The Hall–Kier alpha value is -4.24. The lowest BCUT2D eigenvalue weighted by Gasteiger charge is -2.15. The first kappa shape index (κ1) is 28.9. The third-order valence-corrected chi connectivity index (χ3v) is 9.09. The van der Waals surface area contributed by atoms with Crippen LogP contribution in [-0.2, 0) is 23.1 Å². The van der Waals surface area contributed by atoms with Crippen molar-refractivity contribution in [3.8, 4) is 28.1 Å². The first-order valence-electron chi connectivity index (χ1n) is 13.8. The molecule has 0 aliphatic carbocycles. The molecule has 2 N–H and O–H groups in total. The van der Waals surface area contributed by atoms with Gasteiger partial charge in [-0.1, -0.05) is 85.1 Å². The fourth-order valence-electron chi connectivity index (χ4n) is 5.11. The van der Waals surface area contributed by atoms with Gasteiger partial charge in [-0.15, -0.1) is 0 Å². The molecule has 0 bridgehead atoms. The summed E-state index contributed by atoms with van der Waals surface area (Å²) in [4.78, 5) is 4.96. The van der Waals surface area contributed by atoms with Crippen LogP contribution in [0, 0.1) is 0 Å². The minimum Gasteiger partial charge on any atom is -0.493 e. The average Bonchev–Trinajstić information content (AvgIpc) is 3.52. The van der Waals surface area contributed by atoms with E-state index in [-0.39, 0.29) is 0 Å². The van der Waals surface area contributed by atoms with Crippen molar-refractivity contribution in [2.24, 2.45) is 0 Å². The molecule has 0 saturated carbocycles. The number of aliphatic hydroxyl groups is 1. The third kappa shape index (κ3) is 6.13. The van der Waals surface area contributed by atoms with Crippen LogP contribution in [0.2, 0.25) is 10.0 Å². The molecule has 0 fully saturated rings. The molecule has 7 nitrogen and oxygen atoms in total. The second kappa shape index (κ2) is 11.8. The predicted molar refractivity (Wildman–Crippen MR) is 173 cm³/mol. The highest BCUT2D eigenvalue weighted by atomic mass is 35.5. The maximum Gasteiger partial charge on any atom is 0.330 e. The number of aliphatic hydroxyl groups excluding tert-OH is 1. The van der Waals surface area contributed by atoms with Gasteiger partial charge in [0.1, 0.15) is 5.82 Å². The van der Waals surface area contributed by atoms with Gasteiger partial charge in [0.15, 0.2) is 0 Å². The van der Waals surface area contributed by atoms with E-state index in [1.807, 2.05) is 16.8 Å². The van der Waals surface area contributed by atoms with Crippen LogP contribution in [0.25, 0.3) is 28.1 Å². The van der Waals surface area contributed by atoms with Gasteiger partial charge in [-0.3, -0.25) is 0 Å². The second-order valence-corrected chi connectivity index (χ2v) is 12.7. The second-order valence-electron chi connectivity index (χ2n) is 10.3. The number of benzene rings is 4. The topological polar surface area (TPSA) is 87.5 Å². The highest BCUT2D eigenvalue weighted by molar-refractivity contribution is 7.91. The fourth-order valence-corrected chi connectivity index (χ4v) is 6.66. The minimum absolute atomic E-state index is 0.376. The zero-order chi connectivity index (χ0) is 30.1. The summed E-state index contributed by atoms with van der Waals surface area (Å²) < 4.78 is 29.7. The number of nitrogens with zero attached hydrogens (tertiary/aromatic N) is 3. The van der Waals surface area contributed by atoms with Gasteiger partial charge in [0, 0.05) is 28.9 Å². The summed E-state index contributed by atoms with van der Waals surface area (Å²) >= 11 is 12.7. The van der Waals surface area contributed by atoms with Gasteiger partial charge in [-0.05, 0) is 71.1 Å². The quantitative estimate of drug-likeness (QED) is 0.181. The van der Waals surface area contributed by atoms with Crippen molar-refractivity contribution in [1.29, 1.82) is 0 Å². The van der Waals surface area contributed by atoms with E-state index in [1.54, 1.807) is 36.4 Å². The van der Waals surface area contributed by atoms with Crippen LogP contribution in [0.1, 0.15) is 30.3 Å². The number of imidazole rings is 1. The van der Waals surface area contributed by atoms with E-state index in [0.717, 1.165) is 51.5 Å². The number of hydrogen-bond donors (Lipinski definition) is 2. The Morgan fingerprint density at radius 2 is 1.47 bits per heavy atom. The summed E-state index contributed by atoms with van der Waals surface area (Å²) in [5.41, 5.74) is 7.33. The molecule has 0 atom stereocenters. The van der Waals surface area contributed by atoms with Crippen molar-refractivity contribution in [3.05, 3.63) is 136 Å². The Bertz CT molecular complexity index is 1920. The highest BCUT2D eigenvalue weighted by Gasteiger charge is 2.28. The molecule has 10 heteroatoms. The summed E-state index contributed by atoms with van der Waals surface area (Å²) in [5.74, 6) is 0.336. The number of rotatable bonds is 8. The van der Waals surface area contributed by atoms with Crippen LogP contribution < -0.4 is 9.03 Å². The van der Waals surface area contributed by atoms with Crippen molar-refractivity contribution in [1.82, 2.24) is 14.3 Å². The van der Waals surface area contributed by atoms with Gasteiger partial charge in [-0.2, -0.15) is 8.42 Å². The average molecular weight is 632 g/mol. The standard InChI is InChI=1S/C33H28Cl2N4O3S/c1-2-3-22-4-8-24(9-5-22)25-10-6-23(7-11-25)18-32-36-31(29-17-12-26(34)19-30(29)35)20-38(32)27-13-15-28(16-14-27)39-21-33(40)37-43(39,41)42/h4-17,19-21,37,40H,2-3,18H2,1H3. The third-order valence-electron chi connectivity index (χ3n) is 7.24. The molecule has 1 aliphatic rings. The molecule has 1 aromatic heterocycles. The molecule has 0 saturated heterocycles. The minimum atomic E-state index is -3.89. The SMILES string of the molecule is CCCc1ccc(-c2ccc(Cc3nc(-c4ccc(Cl)cc4Cl)cn3-c3ccc(N4C=C(O)NS4(=O)=O)cc3)cc2)cc1. The number of hydrogen-bond acceptors (Lipinski definition) is 4. The van der Waals surface area contributed by atoms with Crippen LogP contribution in [0.4, 0.5) is 5.69 Å². The summed E-state index contributed by atoms with van der Waals surface area (Å²) in [5, 5.41) is 10.7. The summed E-state index contributed by atoms with van der Waals surface area (Å²) in [6, 6.07) is 29.4. The van der Waals surface area contributed by atoms with Gasteiger partial charge < -0.3 is 9.67 Å². The van der Waals surface area contributed by atoms with E-state index in [1.165, 1.54) is 11.1 Å². The lowest BCUT2D eigenvalue weighted by atomic mass is 10.0. The normalized spacial score (nSPS) is 14.0. The molecule has 0 spiro atoms. The molecule has 5 aromatic rings. The van der Waals surface area contributed by atoms with Crippen LogP contribution in [-0.4, -0.2) is 23.1 Å². The monoisotopic (exact) mass is 630 g/mol. The van der Waals surface area contributed by atoms with Gasteiger partial charge in [0.25, 0.3) is 0 Å². The molecule has 1 aliphatic heterocycles. The maximum atomic E-state index is 12.3. The zero-order valence-electron chi connectivity index (χ0n) is 23.2. The zero-order valence-corrected chi connectivity index (χ0v) is 25.5. The fraction of sp³-hybridized carbons (Fsp3) is 0.121. The molecule has 43 heavy (non-hydrogen) atoms. The van der Waals surface area contributed by atoms with Crippen LogP contribution in [0.3, 0.4) is 0 Å². The molecular formula is C33H28Cl2N4O3S. The number of anilines is 1. The van der Waals surface area contributed by atoms with Crippen molar-refractivity contribution in [2.75, 3.05) is 4.31 Å². The Morgan fingerprint density at radius 3 is 2.05 bits per heavy atom. The van der Waals surface area contributed by atoms with Crippen molar-refractivity contribution in [2.45, 2.75) is 26.2 Å². The Kier molecular flexibility index (Phi) is 7.92. The van der Waals surface area contributed by atoms with E-state index < -0.39 is 16.1 Å². The lowest BCUT2D eigenvalue weighted by molar-refractivity contribution is 0.392. The molecular weight excluding hydrogens is 603 g/mol. The Balaban J connectivity index is 1.33. The molecule has 2 heterocycles. The van der Waals surface area contributed by atoms with E-state index in [2.05, 4.69) is 60.2 Å². The number of aryl methyl sites for hydroxylation is 1. The summed E-state index contributed by atoms with van der Waals surface area (Å²) in [6.45, 7) is 2.18. The number of nitrogens with one attached hydrogen (secondary N) is 1. The van der Waals surface area contributed by atoms with Crippen molar-refractivity contribution < 1.29 is 13.5 Å². The first-order valence-corrected chi connectivity index (χ1v) is 15.9. The molecule has 0 unspecified atom stereocenters.